The molecule has 1 unspecified atom stereocenters. The molecule has 0 spiro atoms. The summed E-state index contributed by atoms with van der Waals surface area (Å²) in [5, 5.41) is 11.2. The molecule has 0 saturated heterocycles. The van der Waals surface area contributed by atoms with E-state index in [0.29, 0.717) is 11.5 Å². The van der Waals surface area contributed by atoms with E-state index in [9.17, 15) is 13.2 Å². The van der Waals surface area contributed by atoms with E-state index in [1.165, 1.54) is 12.1 Å². The summed E-state index contributed by atoms with van der Waals surface area (Å²) in [5.41, 5.74) is 0.290. The Morgan fingerprint density at radius 3 is 2.61 bits per heavy atom. The van der Waals surface area contributed by atoms with Gasteiger partial charge in [-0.1, -0.05) is 24.3 Å². The van der Waals surface area contributed by atoms with E-state index in [-0.39, 0.29) is 18.2 Å². The highest BCUT2D eigenvalue weighted by Crippen LogP contribution is 2.32. The van der Waals surface area contributed by atoms with E-state index >= 15 is 0 Å². The molecular formula is C16H15F3N4. The van der Waals surface area contributed by atoms with Gasteiger partial charge < -0.3 is 5.32 Å². The fraction of sp³-hybridized carbons (Fsp3) is 0.250. The van der Waals surface area contributed by atoms with E-state index in [0.717, 1.165) is 6.07 Å². The van der Waals surface area contributed by atoms with Crippen molar-refractivity contribution in [2.24, 2.45) is 0 Å². The molecule has 23 heavy (non-hydrogen) atoms. The molecule has 120 valence electrons. The number of nitrogens with one attached hydrogen (secondary N) is 1. The van der Waals surface area contributed by atoms with E-state index in [1.54, 1.807) is 6.07 Å². The highest BCUT2D eigenvalue weighted by atomic mass is 19.4. The number of benzene rings is 1. The quantitative estimate of drug-likeness (QED) is 0.799. The van der Waals surface area contributed by atoms with Crippen molar-refractivity contribution in [3.63, 3.8) is 0 Å². The van der Waals surface area contributed by atoms with Crippen LogP contribution in [0.25, 0.3) is 5.65 Å². The van der Waals surface area contributed by atoms with Gasteiger partial charge in [0.15, 0.2) is 11.5 Å². The van der Waals surface area contributed by atoms with Gasteiger partial charge in [-0.15, -0.1) is 10.2 Å². The van der Waals surface area contributed by atoms with Gasteiger partial charge in [0.2, 0.25) is 0 Å². The number of hydrogen-bond acceptors (Lipinski definition) is 3. The van der Waals surface area contributed by atoms with Crippen molar-refractivity contribution in [3.8, 4) is 0 Å². The van der Waals surface area contributed by atoms with Crippen molar-refractivity contribution in [1.29, 1.82) is 0 Å². The Morgan fingerprint density at radius 2 is 1.83 bits per heavy atom. The minimum Gasteiger partial charge on any atom is -0.303 e. The Balaban J connectivity index is 1.79. The van der Waals surface area contributed by atoms with Crippen LogP contribution in [-0.4, -0.2) is 14.6 Å². The van der Waals surface area contributed by atoms with Gasteiger partial charge >= 0.3 is 6.18 Å². The van der Waals surface area contributed by atoms with E-state index in [2.05, 4.69) is 15.5 Å². The highest BCUT2D eigenvalue weighted by molar-refractivity contribution is 5.37. The molecule has 3 rings (SSSR count). The summed E-state index contributed by atoms with van der Waals surface area (Å²) < 4.78 is 40.8. The topological polar surface area (TPSA) is 42.2 Å². The first kappa shape index (κ1) is 15.5. The van der Waals surface area contributed by atoms with Gasteiger partial charge in [-0.05, 0) is 30.7 Å². The molecule has 0 bridgehead atoms. The lowest BCUT2D eigenvalue weighted by Crippen LogP contribution is -2.22. The number of aromatic nitrogens is 3. The van der Waals surface area contributed by atoms with Crippen molar-refractivity contribution in [2.75, 3.05) is 0 Å². The van der Waals surface area contributed by atoms with E-state index in [4.69, 9.17) is 0 Å². The molecule has 7 heteroatoms. The molecule has 1 atom stereocenters. The maximum Gasteiger partial charge on any atom is 0.416 e. The molecule has 2 heterocycles. The first-order valence-corrected chi connectivity index (χ1v) is 7.15. The summed E-state index contributed by atoms with van der Waals surface area (Å²) in [6.07, 6.45) is -2.53. The molecule has 2 aromatic heterocycles. The molecule has 0 radical (unpaired) electrons. The molecule has 1 aromatic carbocycles. The van der Waals surface area contributed by atoms with Crippen LogP contribution in [0.4, 0.5) is 13.2 Å². The monoisotopic (exact) mass is 320 g/mol. The average Bonchev–Trinajstić information content (AvgIpc) is 2.96. The van der Waals surface area contributed by atoms with Gasteiger partial charge in [0.25, 0.3) is 0 Å². The van der Waals surface area contributed by atoms with Crippen LogP contribution in [-0.2, 0) is 12.7 Å². The molecule has 4 nitrogen and oxygen atoms in total. The number of hydrogen-bond donors (Lipinski definition) is 1. The van der Waals surface area contributed by atoms with Gasteiger partial charge in [0.1, 0.15) is 0 Å². The van der Waals surface area contributed by atoms with Crippen LogP contribution in [0.2, 0.25) is 0 Å². The standard InChI is InChI=1S/C16H15F3N4/c1-11(15-22-21-14-8-4-5-9-23(14)15)20-10-12-6-2-3-7-13(12)16(17,18)19/h2-9,11,20H,10H2,1H3. The fourth-order valence-electron chi connectivity index (χ4n) is 2.46. The number of pyridine rings is 1. The normalized spacial score (nSPS) is 13.4. The van der Waals surface area contributed by atoms with Crippen LogP contribution in [0.15, 0.2) is 48.7 Å². The Hall–Kier alpha value is -2.41. The largest absolute Gasteiger partial charge is 0.416 e. The molecular weight excluding hydrogens is 305 g/mol. The van der Waals surface area contributed by atoms with Crippen molar-refractivity contribution in [2.45, 2.75) is 25.7 Å². The summed E-state index contributed by atoms with van der Waals surface area (Å²) in [6.45, 7) is 1.94. The summed E-state index contributed by atoms with van der Waals surface area (Å²) in [5.74, 6) is 0.657. The second-order valence-corrected chi connectivity index (χ2v) is 5.24. The highest BCUT2D eigenvalue weighted by Gasteiger charge is 2.32. The molecule has 0 aliphatic heterocycles. The molecule has 0 fully saturated rings. The Bertz CT molecular complexity index is 810. The fourth-order valence-corrected chi connectivity index (χ4v) is 2.46. The lowest BCUT2D eigenvalue weighted by molar-refractivity contribution is -0.138. The third kappa shape index (κ3) is 3.19. The number of rotatable bonds is 4. The number of alkyl halides is 3. The average molecular weight is 320 g/mol. The summed E-state index contributed by atoms with van der Waals surface area (Å²) in [4.78, 5) is 0. The van der Waals surface area contributed by atoms with Gasteiger partial charge in [0, 0.05) is 12.7 Å². The van der Waals surface area contributed by atoms with Gasteiger partial charge in [-0.3, -0.25) is 4.40 Å². The molecule has 1 N–H and O–H groups in total. The molecule has 0 aliphatic rings. The van der Waals surface area contributed by atoms with Gasteiger partial charge in [-0.2, -0.15) is 13.2 Å². The van der Waals surface area contributed by atoms with Gasteiger partial charge in [0.05, 0.1) is 11.6 Å². The van der Waals surface area contributed by atoms with Crippen LogP contribution in [0.3, 0.4) is 0 Å². The second-order valence-electron chi connectivity index (χ2n) is 5.24. The zero-order valence-electron chi connectivity index (χ0n) is 12.4. The smallest absolute Gasteiger partial charge is 0.303 e. The third-order valence-electron chi connectivity index (χ3n) is 3.65. The van der Waals surface area contributed by atoms with Crippen molar-refractivity contribution in [1.82, 2.24) is 19.9 Å². The minimum absolute atomic E-state index is 0.0958. The molecule has 0 aliphatic carbocycles. The zero-order valence-corrected chi connectivity index (χ0v) is 12.4. The third-order valence-corrected chi connectivity index (χ3v) is 3.65. The van der Waals surface area contributed by atoms with Crippen molar-refractivity contribution >= 4 is 5.65 Å². The first-order valence-electron chi connectivity index (χ1n) is 7.15. The Labute approximate surface area is 131 Å². The molecule has 3 aromatic rings. The predicted octanol–water partition coefficient (Wildman–Crippen LogP) is 3.60. The van der Waals surface area contributed by atoms with Crippen LogP contribution < -0.4 is 5.32 Å². The zero-order chi connectivity index (χ0) is 16.4. The minimum atomic E-state index is -4.36. The molecule has 0 saturated carbocycles. The summed E-state index contributed by atoms with van der Waals surface area (Å²) in [6, 6.07) is 10.8. The maximum atomic E-state index is 13.0. The summed E-state index contributed by atoms with van der Waals surface area (Å²) in [7, 11) is 0. The van der Waals surface area contributed by atoms with Crippen LogP contribution >= 0.6 is 0 Å². The summed E-state index contributed by atoms with van der Waals surface area (Å²) >= 11 is 0. The molecule has 0 amide bonds. The maximum absolute atomic E-state index is 13.0. The first-order chi connectivity index (χ1) is 11.0. The lowest BCUT2D eigenvalue weighted by Gasteiger charge is -2.16. The van der Waals surface area contributed by atoms with E-state index in [1.807, 2.05) is 35.7 Å². The SMILES string of the molecule is CC(NCc1ccccc1C(F)(F)F)c1nnc2ccccn12. The van der Waals surface area contributed by atoms with Crippen LogP contribution in [0, 0.1) is 0 Å². The van der Waals surface area contributed by atoms with Gasteiger partial charge in [-0.25, -0.2) is 0 Å². The Morgan fingerprint density at radius 1 is 1.09 bits per heavy atom. The second kappa shape index (κ2) is 6.00. The van der Waals surface area contributed by atoms with E-state index < -0.39 is 11.7 Å². The van der Waals surface area contributed by atoms with Crippen molar-refractivity contribution < 1.29 is 13.2 Å². The lowest BCUT2D eigenvalue weighted by atomic mass is 10.1. The number of nitrogens with zero attached hydrogens (tertiary/aromatic N) is 3. The van der Waals surface area contributed by atoms with Crippen LogP contribution in [0.5, 0.6) is 0 Å². The number of fused-ring (bicyclic) bond motifs is 1. The number of halogens is 3. The van der Waals surface area contributed by atoms with Crippen LogP contribution in [0.1, 0.15) is 29.9 Å². The Kier molecular flexibility index (Phi) is 4.04. The van der Waals surface area contributed by atoms with Crippen molar-refractivity contribution in [3.05, 3.63) is 65.6 Å². The predicted molar refractivity (Wildman–Crippen MR) is 79.7 cm³/mol.